The average Bonchev–Trinajstić information content (AvgIpc) is 3.04. The largest absolute Gasteiger partial charge is 0.493 e. The molecular formula is C21H23ClN2O3S. The van der Waals surface area contributed by atoms with E-state index in [9.17, 15) is 4.79 Å². The van der Waals surface area contributed by atoms with E-state index in [0.29, 0.717) is 17.4 Å². The van der Waals surface area contributed by atoms with Crippen molar-refractivity contribution in [3.63, 3.8) is 0 Å². The first kappa shape index (κ1) is 20.6. The van der Waals surface area contributed by atoms with E-state index in [4.69, 9.17) is 21.1 Å². The third-order valence-corrected chi connectivity index (χ3v) is 5.40. The van der Waals surface area contributed by atoms with E-state index < -0.39 is 0 Å². The molecule has 28 heavy (non-hydrogen) atoms. The highest BCUT2D eigenvalue weighted by atomic mass is 35.5. The zero-order valence-corrected chi connectivity index (χ0v) is 17.5. The molecule has 0 spiro atoms. The molecule has 0 aliphatic rings. The van der Waals surface area contributed by atoms with Gasteiger partial charge in [-0.25, -0.2) is 4.98 Å². The van der Waals surface area contributed by atoms with Crippen LogP contribution in [0.3, 0.4) is 0 Å². The van der Waals surface area contributed by atoms with E-state index in [1.54, 1.807) is 23.9 Å². The van der Waals surface area contributed by atoms with Crippen molar-refractivity contribution in [2.45, 2.75) is 38.1 Å². The van der Waals surface area contributed by atoms with Gasteiger partial charge in [0.1, 0.15) is 12.3 Å². The van der Waals surface area contributed by atoms with Gasteiger partial charge >= 0.3 is 5.97 Å². The quantitative estimate of drug-likeness (QED) is 0.271. The molecule has 3 rings (SSSR count). The number of rotatable bonds is 9. The van der Waals surface area contributed by atoms with Crippen molar-refractivity contribution >= 4 is 40.4 Å². The lowest BCUT2D eigenvalue weighted by atomic mass is 10.3. The summed E-state index contributed by atoms with van der Waals surface area (Å²) in [6.07, 6.45) is 0.700. The Bertz CT molecular complexity index is 927. The first-order chi connectivity index (χ1) is 13.6. The zero-order valence-electron chi connectivity index (χ0n) is 15.9. The number of benzene rings is 2. The van der Waals surface area contributed by atoms with E-state index in [1.165, 1.54) is 0 Å². The Morgan fingerprint density at radius 1 is 1.21 bits per heavy atom. The number of thioether (sulfide) groups is 1. The fourth-order valence-electron chi connectivity index (χ4n) is 2.61. The molecule has 7 heteroatoms. The highest BCUT2D eigenvalue weighted by Crippen LogP contribution is 2.24. The maximum absolute atomic E-state index is 12.3. The van der Waals surface area contributed by atoms with Crippen molar-refractivity contribution in [3.8, 4) is 5.75 Å². The number of fused-ring (bicyclic) bond motifs is 1. The lowest BCUT2D eigenvalue weighted by molar-refractivity contribution is -0.149. The average molecular weight is 419 g/mol. The molecule has 0 aliphatic carbocycles. The maximum Gasteiger partial charge on any atom is 0.326 e. The lowest BCUT2D eigenvalue weighted by Gasteiger charge is -2.13. The van der Waals surface area contributed by atoms with Crippen LogP contribution in [0.4, 0.5) is 0 Å². The summed E-state index contributed by atoms with van der Waals surface area (Å²) < 4.78 is 13.1. The van der Waals surface area contributed by atoms with Crippen LogP contribution in [-0.4, -0.2) is 34.0 Å². The van der Waals surface area contributed by atoms with Gasteiger partial charge in [0.25, 0.3) is 0 Å². The Morgan fingerprint density at radius 3 is 2.71 bits per heavy atom. The van der Waals surface area contributed by atoms with Gasteiger partial charge in [-0.3, -0.25) is 4.79 Å². The van der Waals surface area contributed by atoms with Crippen molar-refractivity contribution < 1.29 is 14.3 Å². The van der Waals surface area contributed by atoms with Crippen molar-refractivity contribution in [2.24, 2.45) is 0 Å². The van der Waals surface area contributed by atoms with Gasteiger partial charge in [0.05, 0.1) is 23.7 Å². The van der Waals surface area contributed by atoms with Crippen molar-refractivity contribution in [2.75, 3.05) is 12.4 Å². The molecule has 0 aliphatic heterocycles. The zero-order chi connectivity index (χ0) is 19.9. The predicted octanol–water partition coefficient (Wildman–Crippen LogP) is 5.20. The SMILES string of the molecule is CCC(C)OC(=O)Cn1c(SCCOc2ccc(Cl)cc2)nc2ccccc21. The number of hydrogen-bond donors (Lipinski definition) is 0. The molecule has 0 amide bonds. The number of carbonyl (C=O) groups is 1. The molecule has 5 nitrogen and oxygen atoms in total. The van der Waals surface area contributed by atoms with E-state index in [1.807, 2.05) is 54.8 Å². The van der Waals surface area contributed by atoms with Crippen LogP contribution in [0.1, 0.15) is 20.3 Å². The van der Waals surface area contributed by atoms with Gasteiger partial charge in [0.2, 0.25) is 0 Å². The number of esters is 1. The number of aromatic nitrogens is 2. The molecule has 0 fully saturated rings. The predicted molar refractivity (Wildman–Crippen MR) is 113 cm³/mol. The standard InChI is InChI=1S/C21H23ClN2O3S/c1-3-15(2)27-20(25)14-24-19-7-5-4-6-18(19)23-21(24)28-13-12-26-17-10-8-16(22)9-11-17/h4-11,15H,3,12-14H2,1-2H3. The molecule has 0 saturated heterocycles. The molecule has 0 bridgehead atoms. The van der Waals surface area contributed by atoms with Gasteiger partial charge in [-0.15, -0.1) is 0 Å². The normalized spacial score (nSPS) is 12.1. The molecule has 0 N–H and O–H groups in total. The minimum atomic E-state index is -0.253. The summed E-state index contributed by atoms with van der Waals surface area (Å²) in [5.41, 5.74) is 1.78. The Labute approximate surface area is 174 Å². The minimum Gasteiger partial charge on any atom is -0.493 e. The number of ether oxygens (including phenoxy) is 2. The number of carbonyl (C=O) groups excluding carboxylic acids is 1. The van der Waals surface area contributed by atoms with Crippen LogP contribution in [0.5, 0.6) is 5.75 Å². The molecule has 1 atom stereocenters. The third-order valence-electron chi connectivity index (χ3n) is 4.21. The lowest BCUT2D eigenvalue weighted by Crippen LogP contribution is -2.19. The smallest absolute Gasteiger partial charge is 0.326 e. The van der Waals surface area contributed by atoms with E-state index in [0.717, 1.165) is 28.4 Å². The Morgan fingerprint density at radius 2 is 1.96 bits per heavy atom. The van der Waals surface area contributed by atoms with Gasteiger partial charge < -0.3 is 14.0 Å². The summed E-state index contributed by atoms with van der Waals surface area (Å²) in [6.45, 7) is 4.55. The van der Waals surface area contributed by atoms with Crippen molar-refractivity contribution in [3.05, 3.63) is 53.6 Å². The fraction of sp³-hybridized carbons (Fsp3) is 0.333. The summed E-state index contributed by atoms with van der Waals surface area (Å²) >= 11 is 7.44. The van der Waals surface area contributed by atoms with Gasteiger partial charge in [-0.05, 0) is 49.7 Å². The third kappa shape index (κ3) is 5.42. The maximum atomic E-state index is 12.3. The van der Waals surface area contributed by atoms with E-state index >= 15 is 0 Å². The molecule has 3 aromatic rings. The Kier molecular flexibility index (Phi) is 7.23. The highest BCUT2D eigenvalue weighted by molar-refractivity contribution is 7.99. The fourth-order valence-corrected chi connectivity index (χ4v) is 3.57. The summed E-state index contributed by atoms with van der Waals surface area (Å²) in [5, 5.41) is 1.46. The summed E-state index contributed by atoms with van der Waals surface area (Å²) in [6, 6.07) is 15.1. The second kappa shape index (κ2) is 9.85. The summed E-state index contributed by atoms with van der Waals surface area (Å²) in [5.74, 6) is 1.22. The number of imidazole rings is 1. The molecule has 1 heterocycles. The molecule has 148 valence electrons. The second-order valence-corrected chi connectivity index (χ2v) is 7.83. The first-order valence-corrected chi connectivity index (χ1v) is 10.6. The van der Waals surface area contributed by atoms with Gasteiger partial charge in [0.15, 0.2) is 5.16 Å². The Hall–Kier alpha value is -2.18. The van der Waals surface area contributed by atoms with Crippen LogP contribution >= 0.6 is 23.4 Å². The first-order valence-electron chi connectivity index (χ1n) is 9.22. The van der Waals surface area contributed by atoms with Gasteiger partial charge in [0, 0.05) is 10.8 Å². The summed E-state index contributed by atoms with van der Waals surface area (Å²) in [7, 11) is 0. The van der Waals surface area contributed by atoms with Crippen LogP contribution in [0.15, 0.2) is 53.7 Å². The van der Waals surface area contributed by atoms with Crippen LogP contribution < -0.4 is 4.74 Å². The number of nitrogens with zero attached hydrogens (tertiary/aromatic N) is 2. The monoisotopic (exact) mass is 418 g/mol. The minimum absolute atomic E-state index is 0.0915. The van der Waals surface area contributed by atoms with Crippen LogP contribution in [0.2, 0.25) is 5.02 Å². The number of halogens is 1. The Balaban J connectivity index is 1.66. The molecule has 2 aromatic carbocycles. The molecular weight excluding hydrogens is 396 g/mol. The summed E-state index contributed by atoms with van der Waals surface area (Å²) in [4.78, 5) is 17.0. The number of para-hydroxylation sites is 2. The van der Waals surface area contributed by atoms with Crippen LogP contribution in [-0.2, 0) is 16.1 Å². The highest BCUT2D eigenvalue weighted by Gasteiger charge is 2.16. The van der Waals surface area contributed by atoms with Gasteiger partial charge in [-0.2, -0.15) is 0 Å². The molecule has 0 saturated carbocycles. The van der Waals surface area contributed by atoms with E-state index in [2.05, 4.69) is 4.98 Å². The van der Waals surface area contributed by atoms with Crippen LogP contribution in [0.25, 0.3) is 11.0 Å². The molecule has 1 unspecified atom stereocenters. The second-order valence-electron chi connectivity index (χ2n) is 6.33. The van der Waals surface area contributed by atoms with Crippen molar-refractivity contribution in [1.82, 2.24) is 9.55 Å². The molecule has 1 aromatic heterocycles. The molecule has 0 radical (unpaired) electrons. The van der Waals surface area contributed by atoms with E-state index in [-0.39, 0.29) is 18.6 Å². The topological polar surface area (TPSA) is 53.4 Å². The van der Waals surface area contributed by atoms with Crippen LogP contribution in [0, 0.1) is 0 Å². The van der Waals surface area contributed by atoms with Crippen molar-refractivity contribution in [1.29, 1.82) is 0 Å². The van der Waals surface area contributed by atoms with Gasteiger partial charge in [-0.1, -0.05) is 42.4 Å². The number of hydrogen-bond acceptors (Lipinski definition) is 5.